The lowest BCUT2D eigenvalue weighted by atomic mass is 10.1. The molecule has 1 aliphatic heterocycles. The number of nitrogens with zero attached hydrogens (tertiary/aromatic N) is 5. The Labute approximate surface area is 172 Å². The summed E-state index contributed by atoms with van der Waals surface area (Å²) in [7, 11) is 0. The number of aromatic nitrogens is 2. The van der Waals surface area contributed by atoms with Gasteiger partial charge in [0.25, 0.3) is 0 Å². The van der Waals surface area contributed by atoms with Gasteiger partial charge in [-0.3, -0.25) is 4.79 Å². The minimum atomic E-state index is -0.120. The molecule has 2 aromatic rings. The highest BCUT2D eigenvalue weighted by molar-refractivity contribution is 5.94. The average molecular weight is 396 g/mol. The third kappa shape index (κ3) is 5.91. The summed E-state index contributed by atoms with van der Waals surface area (Å²) in [5.74, 6) is 1.39. The molecule has 8 nitrogen and oxygen atoms in total. The molecule has 0 aliphatic carbocycles. The zero-order chi connectivity index (χ0) is 20.5. The van der Waals surface area contributed by atoms with Gasteiger partial charge in [0, 0.05) is 50.8 Å². The van der Waals surface area contributed by atoms with Gasteiger partial charge < -0.3 is 20.4 Å². The summed E-state index contributed by atoms with van der Waals surface area (Å²) < 4.78 is 0. The SMILES string of the molecule is CCNC(=NCC(=O)Nc1cccc(CC)c1)N1CCN(c2ncccn2)CC1. The highest BCUT2D eigenvalue weighted by Crippen LogP contribution is 2.12. The van der Waals surface area contributed by atoms with Crippen molar-refractivity contribution in [2.45, 2.75) is 20.3 Å². The minimum absolute atomic E-state index is 0.0840. The third-order valence-corrected chi connectivity index (χ3v) is 4.74. The summed E-state index contributed by atoms with van der Waals surface area (Å²) in [4.78, 5) is 29.9. The smallest absolute Gasteiger partial charge is 0.246 e. The molecule has 0 saturated carbocycles. The van der Waals surface area contributed by atoms with Crippen LogP contribution in [0.3, 0.4) is 0 Å². The highest BCUT2D eigenvalue weighted by Gasteiger charge is 2.21. The van der Waals surface area contributed by atoms with Crippen LogP contribution in [0.1, 0.15) is 19.4 Å². The molecule has 2 heterocycles. The molecule has 3 rings (SSSR count). The monoisotopic (exact) mass is 395 g/mol. The number of hydrogen-bond acceptors (Lipinski definition) is 5. The second-order valence-corrected chi connectivity index (χ2v) is 6.80. The van der Waals surface area contributed by atoms with E-state index in [0.29, 0.717) is 0 Å². The van der Waals surface area contributed by atoms with Crippen molar-refractivity contribution in [1.82, 2.24) is 20.2 Å². The van der Waals surface area contributed by atoms with Crippen LogP contribution in [-0.4, -0.2) is 66.0 Å². The number of aryl methyl sites for hydroxylation is 1. The number of nitrogens with one attached hydrogen (secondary N) is 2. The van der Waals surface area contributed by atoms with Crippen LogP contribution in [0.2, 0.25) is 0 Å². The van der Waals surface area contributed by atoms with Gasteiger partial charge in [0.15, 0.2) is 5.96 Å². The van der Waals surface area contributed by atoms with Gasteiger partial charge in [-0.1, -0.05) is 19.1 Å². The number of rotatable bonds is 6. The molecule has 1 aromatic heterocycles. The number of hydrogen-bond donors (Lipinski definition) is 2. The third-order valence-electron chi connectivity index (χ3n) is 4.74. The van der Waals surface area contributed by atoms with Gasteiger partial charge in [-0.05, 0) is 37.1 Å². The van der Waals surface area contributed by atoms with Crippen molar-refractivity contribution in [2.75, 3.05) is 49.5 Å². The topological polar surface area (TPSA) is 85.8 Å². The fourth-order valence-electron chi connectivity index (χ4n) is 3.21. The minimum Gasteiger partial charge on any atom is -0.357 e. The summed E-state index contributed by atoms with van der Waals surface area (Å²) in [6.45, 7) is 8.17. The van der Waals surface area contributed by atoms with Gasteiger partial charge in [-0.25, -0.2) is 15.0 Å². The standard InChI is InChI=1S/C21H29N7O/c1-3-17-7-5-8-18(15-17)26-19(29)16-25-20(22-4-2)27-11-13-28(14-12-27)21-23-9-6-10-24-21/h5-10,15H,3-4,11-14,16H2,1-2H3,(H,22,25)(H,26,29). The van der Waals surface area contributed by atoms with Crippen molar-refractivity contribution in [2.24, 2.45) is 4.99 Å². The molecule has 8 heteroatoms. The maximum absolute atomic E-state index is 12.4. The molecule has 0 spiro atoms. The van der Waals surface area contributed by atoms with E-state index in [1.807, 2.05) is 31.2 Å². The van der Waals surface area contributed by atoms with Gasteiger partial charge >= 0.3 is 0 Å². The lowest BCUT2D eigenvalue weighted by molar-refractivity contribution is -0.114. The Balaban J connectivity index is 1.56. The molecule has 29 heavy (non-hydrogen) atoms. The zero-order valence-corrected chi connectivity index (χ0v) is 17.1. The van der Waals surface area contributed by atoms with Crippen molar-refractivity contribution in [3.63, 3.8) is 0 Å². The van der Waals surface area contributed by atoms with Crippen molar-refractivity contribution < 1.29 is 4.79 Å². The van der Waals surface area contributed by atoms with Crippen molar-refractivity contribution in [3.05, 3.63) is 48.3 Å². The molecule has 1 aliphatic rings. The van der Waals surface area contributed by atoms with Crippen LogP contribution in [-0.2, 0) is 11.2 Å². The van der Waals surface area contributed by atoms with E-state index in [-0.39, 0.29) is 12.5 Å². The van der Waals surface area contributed by atoms with E-state index < -0.39 is 0 Å². The van der Waals surface area contributed by atoms with E-state index in [1.54, 1.807) is 12.4 Å². The maximum atomic E-state index is 12.4. The first-order valence-corrected chi connectivity index (χ1v) is 10.1. The van der Waals surface area contributed by atoms with Crippen LogP contribution in [0, 0.1) is 0 Å². The Kier molecular flexibility index (Phi) is 7.38. The van der Waals surface area contributed by atoms with Crippen molar-refractivity contribution in [3.8, 4) is 0 Å². The van der Waals surface area contributed by atoms with E-state index in [4.69, 9.17) is 0 Å². The first-order valence-electron chi connectivity index (χ1n) is 10.1. The Morgan fingerprint density at radius 3 is 2.55 bits per heavy atom. The number of aliphatic imine (C=N–C) groups is 1. The Bertz CT molecular complexity index is 817. The van der Waals surface area contributed by atoms with E-state index in [9.17, 15) is 4.79 Å². The Morgan fingerprint density at radius 1 is 1.10 bits per heavy atom. The Morgan fingerprint density at radius 2 is 1.86 bits per heavy atom. The van der Waals surface area contributed by atoms with Gasteiger partial charge in [-0.2, -0.15) is 0 Å². The summed E-state index contributed by atoms with van der Waals surface area (Å²) in [5.41, 5.74) is 2.01. The molecule has 1 amide bonds. The molecule has 1 aromatic carbocycles. The van der Waals surface area contributed by atoms with Gasteiger partial charge in [0.05, 0.1) is 0 Å². The number of carbonyl (C=O) groups excluding carboxylic acids is 1. The first kappa shape index (κ1) is 20.6. The zero-order valence-electron chi connectivity index (χ0n) is 17.1. The summed E-state index contributed by atoms with van der Waals surface area (Å²) in [6, 6.07) is 9.72. The summed E-state index contributed by atoms with van der Waals surface area (Å²) in [6.07, 6.45) is 4.45. The van der Waals surface area contributed by atoms with Crippen LogP contribution in [0.5, 0.6) is 0 Å². The van der Waals surface area contributed by atoms with Crippen LogP contribution in [0.25, 0.3) is 0 Å². The molecule has 1 fully saturated rings. The fraction of sp³-hybridized carbons (Fsp3) is 0.429. The number of amides is 1. The molecular weight excluding hydrogens is 366 g/mol. The largest absolute Gasteiger partial charge is 0.357 e. The molecule has 2 N–H and O–H groups in total. The molecule has 0 radical (unpaired) electrons. The lowest BCUT2D eigenvalue weighted by Gasteiger charge is -2.36. The molecule has 1 saturated heterocycles. The van der Waals surface area contributed by atoms with E-state index in [0.717, 1.165) is 56.7 Å². The summed E-state index contributed by atoms with van der Waals surface area (Å²) in [5, 5.41) is 6.22. The second-order valence-electron chi connectivity index (χ2n) is 6.80. The molecule has 0 atom stereocenters. The Hall–Kier alpha value is -3.16. The average Bonchev–Trinajstić information content (AvgIpc) is 2.77. The number of guanidine groups is 1. The summed E-state index contributed by atoms with van der Waals surface area (Å²) >= 11 is 0. The van der Waals surface area contributed by atoms with Gasteiger partial charge in [0.1, 0.15) is 6.54 Å². The highest BCUT2D eigenvalue weighted by atomic mass is 16.1. The maximum Gasteiger partial charge on any atom is 0.246 e. The van der Waals surface area contributed by atoms with E-state index in [2.05, 4.69) is 48.4 Å². The predicted octanol–water partition coefficient (Wildman–Crippen LogP) is 1.77. The molecule has 0 unspecified atom stereocenters. The van der Waals surface area contributed by atoms with E-state index >= 15 is 0 Å². The lowest BCUT2D eigenvalue weighted by Crippen LogP contribution is -2.53. The molecular formula is C21H29N7O. The second kappa shape index (κ2) is 10.4. The van der Waals surface area contributed by atoms with Crippen LogP contribution < -0.4 is 15.5 Å². The predicted molar refractivity (Wildman–Crippen MR) is 116 cm³/mol. The quantitative estimate of drug-likeness (QED) is 0.573. The normalized spacial score (nSPS) is 14.6. The fourth-order valence-corrected chi connectivity index (χ4v) is 3.21. The van der Waals surface area contributed by atoms with Gasteiger partial charge in [0.2, 0.25) is 11.9 Å². The molecule has 154 valence electrons. The van der Waals surface area contributed by atoms with Crippen LogP contribution in [0.4, 0.5) is 11.6 Å². The van der Waals surface area contributed by atoms with Crippen molar-refractivity contribution >= 4 is 23.5 Å². The number of anilines is 2. The van der Waals surface area contributed by atoms with Crippen LogP contribution in [0.15, 0.2) is 47.7 Å². The first-order chi connectivity index (χ1) is 14.2. The van der Waals surface area contributed by atoms with Gasteiger partial charge in [-0.15, -0.1) is 0 Å². The van der Waals surface area contributed by atoms with Crippen molar-refractivity contribution in [1.29, 1.82) is 0 Å². The number of carbonyl (C=O) groups is 1. The molecule has 0 bridgehead atoms. The van der Waals surface area contributed by atoms with E-state index in [1.165, 1.54) is 5.56 Å². The number of benzene rings is 1. The van der Waals surface area contributed by atoms with Crippen LogP contribution >= 0.6 is 0 Å². The number of piperazine rings is 1.